The zero-order valence-electron chi connectivity index (χ0n) is 11.2. The fourth-order valence-corrected chi connectivity index (χ4v) is 3.41. The molecule has 0 aromatic heterocycles. The fraction of sp³-hybridized carbons (Fsp3) is 1.00. The second-order valence-electron chi connectivity index (χ2n) is 6.07. The highest BCUT2D eigenvalue weighted by atomic mass is 14.8. The molecule has 0 aliphatic heterocycles. The standard InChI is InChI=1S/C14H29N/c1-10-6-11(2)8-14(7-10)13(4)12(3)9-15-5/h10-15H,6-9H2,1-5H3. The molecule has 90 valence electrons. The second-order valence-corrected chi connectivity index (χ2v) is 6.07. The molecule has 4 unspecified atom stereocenters. The number of hydrogen-bond acceptors (Lipinski definition) is 1. The molecule has 15 heavy (non-hydrogen) atoms. The highest BCUT2D eigenvalue weighted by molar-refractivity contribution is 4.80. The Kier molecular flexibility index (Phi) is 5.11. The molecular formula is C14H29N. The van der Waals surface area contributed by atoms with Crippen LogP contribution in [0.1, 0.15) is 47.0 Å². The summed E-state index contributed by atoms with van der Waals surface area (Å²) in [5.74, 6) is 4.55. The summed E-state index contributed by atoms with van der Waals surface area (Å²) >= 11 is 0. The lowest BCUT2D eigenvalue weighted by atomic mass is 9.69. The molecule has 1 nitrogen and oxygen atoms in total. The van der Waals surface area contributed by atoms with Crippen LogP contribution in [-0.2, 0) is 0 Å². The minimum absolute atomic E-state index is 0.817. The van der Waals surface area contributed by atoms with E-state index in [4.69, 9.17) is 0 Å². The molecule has 4 atom stereocenters. The maximum atomic E-state index is 3.31. The van der Waals surface area contributed by atoms with Crippen molar-refractivity contribution in [2.45, 2.75) is 47.0 Å². The van der Waals surface area contributed by atoms with Gasteiger partial charge < -0.3 is 5.32 Å². The highest BCUT2D eigenvalue weighted by Gasteiger charge is 2.29. The van der Waals surface area contributed by atoms with Gasteiger partial charge in [-0.1, -0.05) is 27.7 Å². The van der Waals surface area contributed by atoms with E-state index in [-0.39, 0.29) is 0 Å². The first-order valence-corrected chi connectivity index (χ1v) is 6.69. The average molecular weight is 211 g/mol. The van der Waals surface area contributed by atoms with Crippen LogP contribution in [0.5, 0.6) is 0 Å². The Morgan fingerprint density at radius 1 is 1.07 bits per heavy atom. The van der Waals surface area contributed by atoms with E-state index >= 15 is 0 Å². The average Bonchev–Trinajstić information content (AvgIpc) is 2.15. The maximum absolute atomic E-state index is 3.31. The van der Waals surface area contributed by atoms with E-state index < -0.39 is 0 Å². The predicted molar refractivity (Wildman–Crippen MR) is 67.9 cm³/mol. The first-order chi connectivity index (χ1) is 7.04. The van der Waals surface area contributed by atoms with Gasteiger partial charge in [-0.2, -0.15) is 0 Å². The molecule has 0 aromatic rings. The third-order valence-electron chi connectivity index (χ3n) is 4.38. The van der Waals surface area contributed by atoms with Crippen LogP contribution < -0.4 is 5.32 Å². The molecule has 0 spiro atoms. The Labute approximate surface area is 96.0 Å². The molecule has 0 heterocycles. The zero-order valence-corrected chi connectivity index (χ0v) is 11.2. The quantitative estimate of drug-likeness (QED) is 0.750. The van der Waals surface area contributed by atoms with Gasteiger partial charge in [0.2, 0.25) is 0 Å². The van der Waals surface area contributed by atoms with Gasteiger partial charge in [-0.15, -0.1) is 0 Å². The molecule has 0 radical (unpaired) electrons. The summed E-state index contributed by atoms with van der Waals surface area (Å²) in [4.78, 5) is 0. The van der Waals surface area contributed by atoms with Gasteiger partial charge in [-0.05, 0) is 62.4 Å². The van der Waals surface area contributed by atoms with Crippen LogP contribution in [0, 0.1) is 29.6 Å². The van der Waals surface area contributed by atoms with E-state index in [1.165, 1.54) is 25.8 Å². The Bertz CT molecular complexity index is 168. The first kappa shape index (κ1) is 13.0. The highest BCUT2D eigenvalue weighted by Crippen LogP contribution is 2.39. The summed E-state index contributed by atoms with van der Waals surface area (Å²) in [6.45, 7) is 10.9. The second kappa shape index (κ2) is 5.89. The lowest BCUT2D eigenvalue weighted by Crippen LogP contribution is -2.31. The van der Waals surface area contributed by atoms with Crippen molar-refractivity contribution in [1.82, 2.24) is 5.32 Å². The summed E-state index contributed by atoms with van der Waals surface area (Å²) in [6.07, 6.45) is 4.36. The molecule has 0 saturated heterocycles. The third-order valence-corrected chi connectivity index (χ3v) is 4.38. The molecule has 1 fully saturated rings. The Balaban J connectivity index is 2.47. The minimum atomic E-state index is 0.817. The van der Waals surface area contributed by atoms with Crippen molar-refractivity contribution in [2.75, 3.05) is 13.6 Å². The SMILES string of the molecule is CNCC(C)C(C)C1CC(C)CC(C)C1. The van der Waals surface area contributed by atoms with E-state index in [1.54, 1.807) is 0 Å². The lowest BCUT2D eigenvalue weighted by molar-refractivity contribution is 0.136. The molecule has 1 saturated carbocycles. The van der Waals surface area contributed by atoms with Crippen molar-refractivity contribution in [3.8, 4) is 0 Å². The van der Waals surface area contributed by atoms with Crippen molar-refractivity contribution >= 4 is 0 Å². The smallest absolute Gasteiger partial charge is 0.00235 e. The van der Waals surface area contributed by atoms with Crippen molar-refractivity contribution in [3.05, 3.63) is 0 Å². The zero-order chi connectivity index (χ0) is 11.4. The van der Waals surface area contributed by atoms with E-state index in [0.717, 1.165) is 29.6 Å². The summed E-state index contributed by atoms with van der Waals surface area (Å²) in [7, 11) is 2.06. The Morgan fingerprint density at radius 3 is 2.07 bits per heavy atom. The molecule has 0 amide bonds. The van der Waals surface area contributed by atoms with E-state index in [1.807, 2.05) is 0 Å². The normalized spacial score (nSPS) is 36.2. The van der Waals surface area contributed by atoms with Gasteiger partial charge in [0, 0.05) is 0 Å². The predicted octanol–water partition coefficient (Wildman–Crippen LogP) is 3.55. The van der Waals surface area contributed by atoms with E-state index in [2.05, 4.69) is 40.1 Å². The van der Waals surface area contributed by atoms with Gasteiger partial charge in [0.05, 0.1) is 0 Å². The van der Waals surface area contributed by atoms with Crippen molar-refractivity contribution in [1.29, 1.82) is 0 Å². The van der Waals surface area contributed by atoms with Crippen LogP contribution in [0.3, 0.4) is 0 Å². The van der Waals surface area contributed by atoms with Gasteiger partial charge in [0.1, 0.15) is 0 Å². The monoisotopic (exact) mass is 211 g/mol. The van der Waals surface area contributed by atoms with Gasteiger partial charge in [0.25, 0.3) is 0 Å². The molecule has 1 rings (SSSR count). The van der Waals surface area contributed by atoms with Gasteiger partial charge in [-0.3, -0.25) is 0 Å². The molecular weight excluding hydrogens is 182 g/mol. The topological polar surface area (TPSA) is 12.0 Å². The first-order valence-electron chi connectivity index (χ1n) is 6.69. The van der Waals surface area contributed by atoms with Gasteiger partial charge >= 0.3 is 0 Å². The Hall–Kier alpha value is -0.0400. The van der Waals surface area contributed by atoms with Crippen LogP contribution in [0.2, 0.25) is 0 Å². The summed E-state index contributed by atoms with van der Waals surface area (Å²) in [6, 6.07) is 0. The summed E-state index contributed by atoms with van der Waals surface area (Å²) in [5, 5.41) is 3.31. The van der Waals surface area contributed by atoms with E-state index in [0.29, 0.717) is 0 Å². The van der Waals surface area contributed by atoms with Crippen molar-refractivity contribution in [2.24, 2.45) is 29.6 Å². The van der Waals surface area contributed by atoms with Crippen LogP contribution in [0.4, 0.5) is 0 Å². The molecule has 0 bridgehead atoms. The third kappa shape index (κ3) is 3.79. The van der Waals surface area contributed by atoms with Crippen molar-refractivity contribution in [3.63, 3.8) is 0 Å². The molecule has 1 heteroatoms. The Morgan fingerprint density at radius 2 is 1.60 bits per heavy atom. The van der Waals surface area contributed by atoms with E-state index in [9.17, 15) is 0 Å². The number of rotatable bonds is 4. The number of nitrogens with one attached hydrogen (secondary N) is 1. The fourth-order valence-electron chi connectivity index (χ4n) is 3.41. The molecule has 0 aromatic carbocycles. The largest absolute Gasteiger partial charge is 0.319 e. The van der Waals surface area contributed by atoms with Crippen LogP contribution in [-0.4, -0.2) is 13.6 Å². The minimum Gasteiger partial charge on any atom is -0.319 e. The van der Waals surface area contributed by atoms with Crippen molar-refractivity contribution < 1.29 is 0 Å². The van der Waals surface area contributed by atoms with Crippen LogP contribution >= 0.6 is 0 Å². The van der Waals surface area contributed by atoms with Gasteiger partial charge in [0.15, 0.2) is 0 Å². The molecule has 1 aliphatic rings. The summed E-state index contributed by atoms with van der Waals surface area (Å²) < 4.78 is 0. The van der Waals surface area contributed by atoms with Crippen LogP contribution in [0.15, 0.2) is 0 Å². The lowest BCUT2D eigenvalue weighted by Gasteiger charge is -2.37. The molecule has 1 N–H and O–H groups in total. The molecule has 1 aliphatic carbocycles. The van der Waals surface area contributed by atoms with Crippen LogP contribution in [0.25, 0.3) is 0 Å². The number of hydrogen-bond donors (Lipinski definition) is 1. The van der Waals surface area contributed by atoms with Gasteiger partial charge in [-0.25, -0.2) is 0 Å². The maximum Gasteiger partial charge on any atom is -0.00235 e. The summed E-state index contributed by atoms with van der Waals surface area (Å²) in [5.41, 5.74) is 0.